The van der Waals surface area contributed by atoms with Gasteiger partial charge in [-0.3, -0.25) is 0 Å². The molecule has 0 amide bonds. The summed E-state index contributed by atoms with van der Waals surface area (Å²) in [7, 11) is 4.20. The largest absolute Gasteiger partial charge is 0.331 e. The SMILES string of the molecule is CNC(CSC1CCCC1)Cc1nc2ccccc2n1C. The Hall–Kier alpha value is -1.00. The molecule has 3 rings (SSSR count). The Bertz CT molecular complexity index is 587. The van der Waals surface area contributed by atoms with Crippen LogP contribution in [-0.2, 0) is 13.5 Å². The van der Waals surface area contributed by atoms with Gasteiger partial charge in [0.25, 0.3) is 0 Å². The lowest BCUT2D eigenvalue weighted by Gasteiger charge is -2.18. The monoisotopic (exact) mass is 303 g/mol. The zero-order chi connectivity index (χ0) is 14.7. The van der Waals surface area contributed by atoms with Gasteiger partial charge in [-0.05, 0) is 32.0 Å². The number of aryl methyl sites for hydroxylation is 1. The van der Waals surface area contributed by atoms with Crippen molar-refractivity contribution < 1.29 is 0 Å². The molecule has 2 aromatic rings. The molecule has 0 saturated heterocycles. The van der Waals surface area contributed by atoms with Crippen LogP contribution in [0.2, 0.25) is 0 Å². The van der Waals surface area contributed by atoms with Crippen molar-refractivity contribution in [3.8, 4) is 0 Å². The van der Waals surface area contributed by atoms with Crippen LogP contribution in [0.4, 0.5) is 0 Å². The van der Waals surface area contributed by atoms with Crippen molar-refractivity contribution in [2.24, 2.45) is 7.05 Å². The van der Waals surface area contributed by atoms with Gasteiger partial charge >= 0.3 is 0 Å². The van der Waals surface area contributed by atoms with Gasteiger partial charge in [-0.25, -0.2) is 4.98 Å². The summed E-state index contributed by atoms with van der Waals surface area (Å²) >= 11 is 2.15. The topological polar surface area (TPSA) is 29.9 Å². The van der Waals surface area contributed by atoms with Crippen LogP contribution in [0.25, 0.3) is 11.0 Å². The molecule has 1 aliphatic carbocycles. The molecule has 21 heavy (non-hydrogen) atoms. The van der Waals surface area contributed by atoms with Crippen molar-refractivity contribution in [3.63, 3.8) is 0 Å². The normalized spacial score (nSPS) is 17.6. The van der Waals surface area contributed by atoms with Crippen molar-refractivity contribution in [2.45, 2.75) is 43.4 Å². The Kier molecular flexibility index (Phi) is 4.86. The molecule has 1 N–H and O–H groups in total. The molecule has 0 bridgehead atoms. The van der Waals surface area contributed by atoms with E-state index in [1.54, 1.807) is 0 Å². The highest BCUT2D eigenvalue weighted by atomic mass is 32.2. The summed E-state index contributed by atoms with van der Waals surface area (Å²) < 4.78 is 2.24. The minimum Gasteiger partial charge on any atom is -0.331 e. The molecule has 0 aliphatic heterocycles. The van der Waals surface area contributed by atoms with E-state index in [2.05, 4.69) is 60.0 Å². The fraction of sp³-hybridized carbons (Fsp3) is 0.588. The van der Waals surface area contributed by atoms with E-state index < -0.39 is 0 Å². The molecular weight excluding hydrogens is 278 g/mol. The second kappa shape index (κ2) is 6.84. The van der Waals surface area contributed by atoms with Crippen LogP contribution in [0.15, 0.2) is 24.3 Å². The highest BCUT2D eigenvalue weighted by molar-refractivity contribution is 7.99. The first-order valence-corrected chi connectivity index (χ1v) is 9.02. The molecule has 1 fully saturated rings. The number of para-hydroxylation sites is 2. The number of benzene rings is 1. The van der Waals surface area contributed by atoms with Gasteiger partial charge < -0.3 is 9.88 Å². The smallest absolute Gasteiger partial charge is 0.111 e. The van der Waals surface area contributed by atoms with Gasteiger partial charge in [-0.15, -0.1) is 0 Å². The standard InChI is InChI=1S/C17H25N3S/c1-18-13(12-21-14-7-3-4-8-14)11-17-19-15-9-5-6-10-16(15)20(17)2/h5-6,9-10,13-14,18H,3-4,7-8,11-12H2,1-2H3. The highest BCUT2D eigenvalue weighted by Gasteiger charge is 2.19. The van der Waals surface area contributed by atoms with Gasteiger partial charge in [-0.2, -0.15) is 11.8 Å². The van der Waals surface area contributed by atoms with E-state index in [0.717, 1.165) is 17.2 Å². The van der Waals surface area contributed by atoms with Crippen LogP contribution in [0.5, 0.6) is 0 Å². The number of nitrogens with zero attached hydrogens (tertiary/aromatic N) is 2. The summed E-state index contributed by atoms with van der Waals surface area (Å²) in [4.78, 5) is 4.79. The molecule has 4 heteroatoms. The predicted octanol–water partition coefficient (Wildman–Crippen LogP) is 3.38. The van der Waals surface area contributed by atoms with Gasteiger partial charge in [0.2, 0.25) is 0 Å². The van der Waals surface area contributed by atoms with Gasteiger partial charge in [-0.1, -0.05) is 25.0 Å². The first-order valence-electron chi connectivity index (χ1n) is 7.97. The predicted molar refractivity (Wildman–Crippen MR) is 92.0 cm³/mol. The second-order valence-corrected chi connectivity index (χ2v) is 7.34. The van der Waals surface area contributed by atoms with E-state index in [0.29, 0.717) is 6.04 Å². The van der Waals surface area contributed by atoms with Gasteiger partial charge in [0.15, 0.2) is 0 Å². The molecule has 114 valence electrons. The Labute approximate surface area is 131 Å². The van der Waals surface area contributed by atoms with Crippen molar-refractivity contribution in [2.75, 3.05) is 12.8 Å². The lowest BCUT2D eigenvalue weighted by atomic mass is 10.2. The number of rotatable bonds is 6. The van der Waals surface area contributed by atoms with Crippen molar-refractivity contribution in [1.82, 2.24) is 14.9 Å². The fourth-order valence-electron chi connectivity index (χ4n) is 3.15. The van der Waals surface area contributed by atoms with Crippen LogP contribution in [0, 0.1) is 0 Å². The lowest BCUT2D eigenvalue weighted by Crippen LogP contribution is -2.31. The van der Waals surface area contributed by atoms with Crippen molar-refractivity contribution in [1.29, 1.82) is 0 Å². The Morgan fingerprint density at radius 1 is 1.33 bits per heavy atom. The summed E-state index contributed by atoms with van der Waals surface area (Å²) in [5.41, 5.74) is 2.33. The first-order chi connectivity index (χ1) is 10.3. The van der Waals surface area contributed by atoms with E-state index in [-0.39, 0.29) is 0 Å². The number of fused-ring (bicyclic) bond motifs is 1. The highest BCUT2D eigenvalue weighted by Crippen LogP contribution is 2.30. The molecule has 3 nitrogen and oxygen atoms in total. The molecule has 1 unspecified atom stereocenters. The van der Waals surface area contributed by atoms with E-state index in [4.69, 9.17) is 4.98 Å². The minimum atomic E-state index is 0.506. The Morgan fingerprint density at radius 2 is 2.10 bits per heavy atom. The van der Waals surface area contributed by atoms with Crippen LogP contribution >= 0.6 is 11.8 Å². The molecular formula is C17H25N3S. The van der Waals surface area contributed by atoms with E-state index in [1.807, 2.05) is 0 Å². The molecule has 1 aromatic heterocycles. The number of thioether (sulfide) groups is 1. The van der Waals surface area contributed by atoms with Crippen LogP contribution in [0.3, 0.4) is 0 Å². The third-order valence-electron chi connectivity index (χ3n) is 4.55. The van der Waals surface area contributed by atoms with Gasteiger partial charge in [0, 0.05) is 30.5 Å². The maximum Gasteiger partial charge on any atom is 0.111 e. The summed E-state index contributed by atoms with van der Waals surface area (Å²) in [6.45, 7) is 0. The number of nitrogens with one attached hydrogen (secondary N) is 1. The Morgan fingerprint density at radius 3 is 2.81 bits per heavy atom. The molecule has 1 aromatic carbocycles. The molecule has 1 heterocycles. The fourth-order valence-corrected chi connectivity index (χ4v) is 4.61. The number of aromatic nitrogens is 2. The van der Waals surface area contributed by atoms with Crippen molar-refractivity contribution >= 4 is 22.8 Å². The zero-order valence-corrected chi connectivity index (χ0v) is 13.8. The van der Waals surface area contributed by atoms with Gasteiger partial charge in [0.1, 0.15) is 5.82 Å². The summed E-state index contributed by atoms with van der Waals surface area (Å²) in [6, 6.07) is 8.89. The first kappa shape index (κ1) is 14.9. The number of imidazole rings is 1. The number of hydrogen-bond donors (Lipinski definition) is 1. The summed E-state index contributed by atoms with van der Waals surface area (Å²) in [5, 5.41) is 4.36. The molecule has 1 atom stereocenters. The summed E-state index contributed by atoms with van der Waals surface area (Å²) in [5.74, 6) is 2.37. The van der Waals surface area contributed by atoms with Crippen LogP contribution in [-0.4, -0.2) is 33.6 Å². The van der Waals surface area contributed by atoms with Crippen LogP contribution < -0.4 is 5.32 Å². The quantitative estimate of drug-likeness (QED) is 0.887. The number of hydrogen-bond acceptors (Lipinski definition) is 3. The average molecular weight is 303 g/mol. The Balaban J connectivity index is 1.65. The van der Waals surface area contributed by atoms with E-state index in [1.165, 1.54) is 42.8 Å². The summed E-state index contributed by atoms with van der Waals surface area (Å²) in [6.07, 6.45) is 6.67. The van der Waals surface area contributed by atoms with Crippen molar-refractivity contribution in [3.05, 3.63) is 30.1 Å². The molecule has 1 aliphatic rings. The van der Waals surface area contributed by atoms with Crippen LogP contribution in [0.1, 0.15) is 31.5 Å². The number of likely N-dealkylation sites (N-methyl/N-ethyl adjacent to an activating group) is 1. The van der Waals surface area contributed by atoms with E-state index in [9.17, 15) is 0 Å². The zero-order valence-electron chi connectivity index (χ0n) is 13.0. The molecule has 0 radical (unpaired) electrons. The minimum absolute atomic E-state index is 0.506. The maximum absolute atomic E-state index is 4.79. The van der Waals surface area contributed by atoms with Gasteiger partial charge in [0.05, 0.1) is 11.0 Å². The molecule has 1 saturated carbocycles. The average Bonchev–Trinajstić information content (AvgIpc) is 3.13. The second-order valence-electron chi connectivity index (χ2n) is 6.01. The third kappa shape index (κ3) is 3.43. The lowest BCUT2D eigenvalue weighted by molar-refractivity contribution is 0.587. The van der Waals surface area contributed by atoms with E-state index >= 15 is 0 Å². The molecule has 0 spiro atoms. The maximum atomic E-state index is 4.79. The third-order valence-corrected chi connectivity index (χ3v) is 6.09.